The van der Waals surface area contributed by atoms with Crippen molar-refractivity contribution in [1.82, 2.24) is 24.8 Å². The highest BCUT2D eigenvalue weighted by atomic mass is 16.6. The molecule has 1 saturated carbocycles. The first-order valence-electron chi connectivity index (χ1n) is 12.1. The molecule has 2 atom stereocenters. The van der Waals surface area contributed by atoms with Gasteiger partial charge in [0, 0.05) is 44.5 Å². The lowest BCUT2D eigenvalue weighted by molar-refractivity contribution is 0.0218. The maximum atomic E-state index is 12.6. The van der Waals surface area contributed by atoms with Gasteiger partial charge in [-0.25, -0.2) is 14.8 Å². The normalized spacial score (nSPS) is 24.8. The van der Waals surface area contributed by atoms with E-state index < -0.39 is 5.60 Å². The second-order valence-electron chi connectivity index (χ2n) is 10.6. The Kier molecular flexibility index (Phi) is 5.51. The molecule has 1 aliphatic carbocycles. The van der Waals surface area contributed by atoms with Crippen LogP contribution < -0.4 is 10.2 Å². The third-order valence-corrected chi connectivity index (χ3v) is 6.85. The summed E-state index contributed by atoms with van der Waals surface area (Å²) in [5.74, 6) is 1.65. The van der Waals surface area contributed by atoms with Gasteiger partial charge in [-0.3, -0.25) is 0 Å². The Hall–Kier alpha value is -2.35. The number of nitrogens with zero attached hydrogens (tertiary/aromatic N) is 5. The topological polar surface area (TPSA) is 75.5 Å². The van der Waals surface area contributed by atoms with E-state index in [1.54, 1.807) is 6.33 Å². The van der Waals surface area contributed by atoms with Crippen molar-refractivity contribution in [3.05, 3.63) is 18.1 Å². The number of anilines is 1. The van der Waals surface area contributed by atoms with Crippen LogP contribution >= 0.6 is 0 Å². The lowest BCUT2D eigenvalue weighted by Gasteiger charge is -2.41. The standard InChI is InChI=1S/C24H36N6O2/c1-16-13-28(23(31)32-24(2,3)4)10-11-29(16)21-20-19(17-7-8-17)14-30(22(20)27-15-26-21)18-6-5-9-25-12-18/h14-18,25H,5-13H2,1-4H3/t16-,18?/m0/s1. The van der Waals surface area contributed by atoms with Gasteiger partial charge >= 0.3 is 6.09 Å². The van der Waals surface area contributed by atoms with E-state index in [1.807, 2.05) is 25.7 Å². The summed E-state index contributed by atoms with van der Waals surface area (Å²) in [5, 5.41) is 4.77. The molecule has 2 saturated heterocycles. The summed E-state index contributed by atoms with van der Waals surface area (Å²) in [6.45, 7) is 12.0. The lowest BCUT2D eigenvalue weighted by atomic mass is 10.1. The molecule has 2 aromatic heterocycles. The highest BCUT2D eigenvalue weighted by Crippen LogP contribution is 2.46. The number of carbonyl (C=O) groups is 1. The van der Waals surface area contributed by atoms with E-state index in [0.717, 1.165) is 31.1 Å². The van der Waals surface area contributed by atoms with Gasteiger partial charge < -0.3 is 24.4 Å². The van der Waals surface area contributed by atoms with Crippen molar-refractivity contribution in [1.29, 1.82) is 0 Å². The number of ether oxygens (including phenoxy) is 1. The Morgan fingerprint density at radius 3 is 2.66 bits per heavy atom. The highest BCUT2D eigenvalue weighted by Gasteiger charge is 2.35. The van der Waals surface area contributed by atoms with Crippen molar-refractivity contribution < 1.29 is 9.53 Å². The SMILES string of the molecule is C[C@H]1CN(C(=O)OC(C)(C)C)CCN1c1ncnc2c1c(C1CC1)cn2C1CCCNC1. The third kappa shape index (κ3) is 4.17. The van der Waals surface area contributed by atoms with E-state index >= 15 is 0 Å². The van der Waals surface area contributed by atoms with E-state index in [1.165, 1.54) is 36.6 Å². The van der Waals surface area contributed by atoms with Gasteiger partial charge in [0.2, 0.25) is 0 Å². The molecule has 0 radical (unpaired) electrons. The Labute approximate surface area is 190 Å². The minimum Gasteiger partial charge on any atom is -0.444 e. The smallest absolute Gasteiger partial charge is 0.410 e. The number of piperazine rings is 1. The molecule has 0 bridgehead atoms. The van der Waals surface area contributed by atoms with Crippen LogP contribution in [0.3, 0.4) is 0 Å². The number of aromatic nitrogens is 3. The third-order valence-electron chi connectivity index (χ3n) is 6.85. The van der Waals surface area contributed by atoms with E-state index in [-0.39, 0.29) is 12.1 Å². The summed E-state index contributed by atoms with van der Waals surface area (Å²) in [7, 11) is 0. The minimum atomic E-state index is -0.480. The Morgan fingerprint density at radius 2 is 2.00 bits per heavy atom. The summed E-state index contributed by atoms with van der Waals surface area (Å²) >= 11 is 0. The van der Waals surface area contributed by atoms with Crippen LogP contribution in [0.1, 0.15) is 70.9 Å². The fourth-order valence-electron chi connectivity index (χ4n) is 5.13. The second-order valence-corrected chi connectivity index (χ2v) is 10.6. The number of carbonyl (C=O) groups excluding carboxylic acids is 1. The van der Waals surface area contributed by atoms with Gasteiger partial charge in [0.15, 0.2) is 0 Å². The zero-order valence-electron chi connectivity index (χ0n) is 19.8. The van der Waals surface area contributed by atoms with E-state index in [0.29, 0.717) is 25.0 Å². The number of rotatable bonds is 3. The van der Waals surface area contributed by atoms with Crippen molar-refractivity contribution in [2.24, 2.45) is 0 Å². The first-order chi connectivity index (χ1) is 15.3. The molecule has 1 N–H and O–H groups in total. The van der Waals surface area contributed by atoms with Gasteiger partial charge in [0.25, 0.3) is 0 Å². The summed E-state index contributed by atoms with van der Waals surface area (Å²) in [5.41, 5.74) is 1.99. The molecule has 8 nitrogen and oxygen atoms in total. The average molecular weight is 441 g/mol. The first kappa shape index (κ1) is 21.5. The maximum Gasteiger partial charge on any atom is 0.410 e. The summed E-state index contributed by atoms with van der Waals surface area (Å²) < 4.78 is 8.00. The van der Waals surface area contributed by atoms with Crippen LogP contribution in [0.2, 0.25) is 0 Å². The summed E-state index contributed by atoms with van der Waals surface area (Å²) in [4.78, 5) is 26.3. The van der Waals surface area contributed by atoms with Crippen molar-refractivity contribution >= 4 is 22.9 Å². The van der Waals surface area contributed by atoms with Crippen LogP contribution in [0.25, 0.3) is 11.0 Å². The quantitative estimate of drug-likeness (QED) is 0.785. The van der Waals surface area contributed by atoms with Crippen LogP contribution in [0.5, 0.6) is 0 Å². The molecule has 5 rings (SSSR count). The fraction of sp³-hybridized carbons (Fsp3) is 0.708. The molecule has 174 valence electrons. The van der Waals surface area contributed by atoms with Crippen LogP contribution in [0.15, 0.2) is 12.5 Å². The monoisotopic (exact) mass is 440 g/mol. The predicted octanol–water partition coefficient (Wildman–Crippen LogP) is 3.68. The average Bonchev–Trinajstić information content (AvgIpc) is 3.53. The van der Waals surface area contributed by atoms with Gasteiger partial charge in [-0.1, -0.05) is 0 Å². The van der Waals surface area contributed by atoms with Crippen molar-refractivity contribution in [2.75, 3.05) is 37.6 Å². The van der Waals surface area contributed by atoms with Crippen molar-refractivity contribution in [3.63, 3.8) is 0 Å². The van der Waals surface area contributed by atoms with E-state index in [9.17, 15) is 4.79 Å². The molecule has 0 spiro atoms. The minimum absolute atomic E-state index is 0.154. The molecule has 3 fully saturated rings. The van der Waals surface area contributed by atoms with Gasteiger partial charge in [-0.05, 0) is 71.4 Å². The molecular formula is C24H36N6O2. The van der Waals surface area contributed by atoms with Crippen LogP contribution in [-0.4, -0.2) is 69.9 Å². The van der Waals surface area contributed by atoms with Crippen LogP contribution in [-0.2, 0) is 4.74 Å². The van der Waals surface area contributed by atoms with Gasteiger partial charge in [0.05, 0.1) is 5.39 Å². The zero-order valence-corrected chi connectivity index (χ0v) is 19.8. The molecule has 0 aromatic carbocycles. The molecule has 3 aliphatic rings. The van der Waals surface area contributed by atoms with Gasteiger partial charge in [-0.15, -0.1) is 0 Å². The van der Waals surface area contributed by atoms with Gasteiger partial charge in [0.1, 0.15) is 23.4 Å². The summed E-state index contributed by atoms with van der Waals surface area (Å²) in [6.07, 6.45) is 8.73. The number of nitrogens with one attached hydrogen (secondary N) is 1. The lowest BCUT2D eigenvalue weighted by Crippen LogP contribution is -2.54. The molecule has 32 heavy (non-hydrogen) atoms. The van der Waals surface area contributed by atoms with Gasteiger partial charge in [-0.2, -0.15) is 0 Å². The molecular weight excluding hydrogens is 404 g/mol. The predicted molar refractivity (Wildman–Crippen MR) is 125 cm³/mol. The van der Waals surface area contributed by atoms with Crippen LogP contribution in [0, 0.1) is 0 Å². The first-order valence-corrected chi connectivity index (χ1v) is 12.1. The molecule has 1 amide bonds. The number of amides is 1. The number of hydrogen-bond acceptors (Lipinski definition) is 6. The number of hydrogen-bond donors (Lipinski definition) is 1. The Morgan fingerprint density at radius 1 is 1.19 bits per heavy atom. The van der Waals surface area contributed by atoms with Crippen LogP contribution in [0.4, 0.5) is 10.6 Å². The zero-order chi connectivity index (χ0) is 22.5. The number of piperidine rings is 1. The molecule has 4 heterocycles. The molecule has 8 heteroatoms. The Balaban J connectivity index is 1.44. The molecule has 2 aromatic rings. The maximum absolute atomic E-state index is 12.6. The molecule has 2 aliphatic heterocycles. The highest BCUT2D eigenvalue weighted by molar-refractivity contribution is 5.92. The second kappa shape index (κ2) is 8.21. The summed E-state index contributed by atoms with van der Waals surface area (Å²) in [6, 6.07) is 0.601. The largest absolute Gasteiger partial charge is 0.444 e. The van der Waals surface area contributed by atoms with E-state index in [4.69, 9.17) is 14.7 Å². The fourth-order valence-corrected chi connectivity index (χ4v) is 5.13. The van der Waals surface area contributed by atoms with E-state index in [2.05, 4.69) is 27.9 Å². The Bertz CT molecular complexity index is 986. The van der Waals surface area contributed by atoms with Crippen molar-refractivity contribution in [2.45, 2.75) is 77.0 Å². The van der Waals surface area contributed by atoms with Crippen molar-refractivity contribution in [3.8, 4) is 0 Å². The molecule has 1 unspecified atom stereocenters. The number of fused-ring (bicyclic) bond motifs is 1.